The Hall–Kier alpha value is -2.76. The lowest BCUT2D eigenvalue weighted by atomic mass is 10.2. The summed E-state index contributed by atoms with van der Waals surface area (Å²) >= 11 is -0.901. The van der Waals surface area contributed by atoms with Crippen LogP contribution in [0.15, 0.2) is 35.2 Å². The first-order valence-corrected chi connectivity index (χ1v) is 7.60. The van der Waals surface area contributed by atoms with Crippen molar-refractivity contribution in [1.29, 1.82) is 0 Å². The average molecular weight is 412 g/mol. The zero-order valence-electron chi connectivity index (χ0n) is 12.8. The zero-order valence-corrected chi connectivity index (χ0v) is 13.6. The highest BCUT2D eigenvalue weighted by Crippen LogP contribution is 2.39. The molecule has 0 aromatic heterocycles. The summed E-state index contributed by atoms with van der Waals surface area (Å²) in [5.41, 5.74) is -6.84. The molecule has 2 aromatic carbocycles. The minimum Gasteiger partial charge on any atom is -0.305 e. The van der Waals surface area contributed by atoms with Crippen LogP contribution in [-0.4, -0.2) is 17.4 Å². The maximum absolute atomic E-state index is 13.8. The molecule has 144 valence electrons. The number of benzene rings is 2. The van der Waals surface area contributed by atoms with E-state index in [1.807, 2.05) is 0 Å². The van der Waals surface area contributed by atoms with Crippen molar-refractivity contribution in [2.45, 2.75) is 10.4 Å². The number of anilines is 1. The first-order valence-electron chi connectivity index (χ1n) is 6.79. The molecule has 0 aliphatic heterocycles. The summed E-state index contributed by atoms with van der Waals surface area (Å²) in [7, 11) is 0. The van der Waals surface area contributed by atoms with Crippen LogP contribution in [-0.2, 0) is 0 Å². The molecule has 0 heterocycles. The number of thioether (sulfide) groups is 1. The normalized spacial score (nSPS) is 11.2. The molecule has 0 spiro atoms. The molecule has 2 rings (SSSR count). The molecule has 0 saturated heterocycles. The second-order valence-electron chi connectivity index (χ2n) is 4.82. The topological polar surface area (TPSA) is 58.2 Å². The van der Waals surface area contributed by atoms with E-state index < -0.39 is 68.6 Å². The predicted octanol–water partition coefficient (Wildman–Crippen LogP) is 4.82. The summed E-state index contributed by atoms with van der Waals surface area (Å²) in [5, 5.41) is 3.14. The highest BCUT2D eigenvalue weighted by atomic mass is 32.2. The Bertz CT molecular complexity index is 882. The third-order valence-corrected chi connectivity index (χ3v) is 3.68. The average Bonchev–Trinajstić information content (AvgIpc) is 2.50. The van der Waals surface area contributed by atoms with Crippen LogP contribution < -0.4 is 10.6 Å². The largest absolute Gasteiger partial charge is 0.446 e. The molecule has 12 heteroatoms. The molecule has 4 nitrogen and oxygen atoms in total. The van der Waals surface area contributed by atoms with Crippen molar-refractivity contribution in [3.05, 3.63) is 59.2 Å². The second-order valence-corrected chi connectivity index (χ2v) is 5.92. The van der Waals surface area contributed by atoms with Gasteiger partial charge < -0.3 is 5.32 Å². The molecule has 0 atom stereocenters. The lowest BCUT2D eigenvalue weighted by Crippen LogP contribution is -2.35. The van der Waals surface area contributed by atoms with Crippen LogP contribution in [0, 0.1) is 23.3 Å². The molecule has 2 N–H and O–H groups in total. The van der Waals surface area contributed by atoms with Gasteiger partial charge >= 0.3 is 11.5 Å². The molecule has 0 saturated carbocycles. The molecular weight excluding hydrogens is 405 g/mol. The second kappa shape index (κ2) is 7.86. The van der Waals surface area contributed by atoms with Gasteiger partial charge in [-0.15, -0.1) is 0 Å². The van der Waals surface area contributed by atoms with E-state index in [0.29, 0.717) is 0 Å². The van der Waals surface area contributed by atoms with E-state index in [4.69, 9.17) is 0 Å². The molecule has 0 bridgehead atoms. The molecule has 2 aromatic rings. The van der Waals surface area contributed by atoms with Crippen molar-refractivity contribution >= 4 is 29.4 Å². The molecule has 0 aliphatic rings. The van der Waals surface area contributed by atoms with E-state index >= 15 is 0 Å². The summed E-state index contributed by atoms with van der Waals surface area (Å²) < 4.78 is 90.9. The number of alkyl halides is 3. The third-order valence-electron chi connectivity index (χ3n) is 2.91. The van der Waals surface area contributed by atoms with Crippen LogP contribution in [0.5, 0.6) is 0 Å². The van der Waals surface area contributed by atoms with Crippen molar-refractivity contribution in [2.24, 2.45) is 0 Å². The third kappa shape index (κ3) is 5.36. The molecule has 0 radical (unpaired) electrons. The van der Waals surface area contributed by atoms with Crippen molar-refractivity contribution < 1.29 is 40.3 Å². The quantitative estimate of drug-likeness (QED) is 0.562. The minimum atomic E-state index is -4.87. The summed E-state index contributed by atoms with van der Waals surface area (Å²) in [6, 6.07) is 1.44. The number of imide groups is 1. The lowest BCUT2D eigenvalue weighted by Gasteiger charge is -2.11. The number of urea groups is 1. The Morgan fingerprint density at radius 1 is 0.889 bits per heavy atom. The maximum atomic E-state index is 13.8. The Morgan fingerprint density at radius 3 is 2.04 bits per heavy atom. The van der Waals surface area contributed by atoms with Crippen LogP contribution in [0.25, 0.3) is 0 Å². The molecule has 0 aliphatic carbocycles. The van der Waals surface area contributed by atoms with Gasteiger partial charge in [0.2, 0.25) is 0 Å². The van der Waals surface area contributed by atoms with Gasteiger partial charge in [0.15, 0.2) is 0 Å². The number of amides is 3. The number of nitrogens with one attached hydrogen (secondary N) is 2. The summed E-state index contributed by atoms with van der Waals surface area (Å²) in [5.74, 6) is -6.96. The van der Waals surface area contributed by atoms with E-state index in [9.17, 15) is 40.3 Å². The van der Waals surface area contributed by atoms with Crippen LogP contribution >= 0.6 is 11.8 Å². The SMILES string of the molecule is O=C(NC(=O)c1c(F)cccc1F)Nc1cc(F)c(SC(F)(F)F)cc1F. The van der Waals surface area contributed by atoms with E-state index in [1.165, 1.54) is 5.32 Å². The highest BCUT2D eigenvalue weighted by Gasteiger charge is 2.31. The first kappa shape index (κ1) is 20.6. The number of hydrogen-bond donors (Lipinski definition) is 2. The standard InChI is InChI=1S/C15H7F7N2O2S/c16-6-2-1-3-7(17)12(6)13(25)24-14(26)23-10-4-9(19)11(5-8(10)18)27-15(20,21)22/h1-5H,(H2,23,24,25,26). The van der Waals surface area contributed by atoms with Gasteiger partial charge in [0.1, 0.15) is 28.8 Å². The van der Waals surface area contributed by atoms with E-state index in [-0.39, 0.29) is 12.1 Å². The number of hydrogen-bond acceptors (Lipinski definition) is 3. The summed E-state index contributed by atoms with van der Waals surface area (Å²) in [6.07, 6.45) is 0. The van der Waals surface area contributed by atoms with Gasteiger partial charge in [-0.3, -0.25) is 10.1 Å². The van der Waals surface area contributed by atoms with Crippen molar-refractivity contribution in [2.75, 3.05) is 5.32 Å². The van der Waals surface area contributed by atoms with Crippen LogP contribution in [0.4, 0.5) is 41.2 Å². The van der Waals surface area contributed by atoms with Crippen LogP contribution in [0.1, 0.15) is 10.4 Å². The Balaban J connectivity index is 2.14. The lowest BCUT2D eigenvalue weighted by molar-refractivity contribution is -0.0329. The first-order chi connectivity index (χ1) is 12.5. The van der Waals surface area contributed by atoms with Gasteiger partial charge in [-0.05, 0) is 30.0 Å². The summed E-state index contributed by atoms with van der Waals surface area (Å²) in [6.45, 7) is 0. The molecule has 3 amide bonds. The van der Waals surface area contributed by atoms with E-state index in [2.05, 4.69) is 0 Å². The zero-order chi connectivity index (χ0) is 20.4. The van der Waals surface area contributed by atoms with Crippen LogP contribution in [0.3, 0.4) is 0 Å². The minimum absolute atomic E-state index is 0.196. The number of rotatable bonds is 3. The molecule has 27 heavy (non-hydrogen) atoms. The molecule has 0 fully saturated rings. The monoisotopic (exact) mass is 412 g/mol. The molecular formula is C15H7F7N2O2S. The van der Waals surface area contributed by atoms with Crippen LogP contribution in [0.2, 0.25) is 0 Å². The molecule has 0 unspecified atom stereocenters. The number of carbonyl (C=O) groups excluding carboxylic acids is 2. The van der Waals surface area contributed by atoms with Crippen molar-refractivity contribution in [3.63, 3.8) is 0 Å². The van der Waals surface area contributed by atoms with Gasteiger partial charge in [-0.25, -0.2) is 22.4 Å². The Labute approximate surface area is 150 Å². The smallest absolute Gasteiger partial charge is 0.305 e. The summed E-state index contributed by atoms with van der Waals surface area (Å²) in [4.78, 5) is 22.3. The fourth-order valence-corrected chi connectivity index (χ4v) is 2.43. The van der Waals surface area contributed by atoms with Gasteiger partial charge in [0.25, 0.3) is 5.91 Å². The Morgan fingerprint density at radius 2 is 1.48 bits per heavy atom. The predicted molar refractivity (Wildman–Crippen MR) is 81.1 cm³/mol. The Kier molecular flexibility index (Phi) is 5.98. The fraction of sp³-hybridized carbons (Fsp3) is 0.0667. The van der Waals surface area contributed by atoms with E-state index in [1.54, 1.807) is 5.32 Å². The highest BCUT2D eigenvalue weighted by molar-refractivity contribution is 8.00. The van der Waals surface area contributed by atoms with Gasteiger partial charge in [0, 0.05) is 6.07 Å². The van der Waals surface area contributed by atoms with Gasteiger partial charge in [0.05, 0.1) is 10.6 Å². The van der Waals surface area contributed by atoms with E-state index in [0.717, 1.165) is 18.2 Å². The van der Waals surface area contributed by atoms with Gasteiger partial charge in [-0.1, -0.05) is 6.07 Å². The number of halogens is 7. The van der Waals surface area contributed by atoms with Crippen molar-refractivity contribution in [1.82, 2.24) is 5.32 Å². The maximum Gasteiger partial charge on any atom is 0.446 e. The number of carbonyl (C=O) groups is 2. The van der Waals surface area contributed by atoms with Crippen molar-refractivity contribution in [3.8, 4) is 0 Å². The fourth-order valence-electron chi connectivity index (χ4n) is 1.86. The van der Waals surface area contributed by atoms with Gasteiger partial charge in [-0.2, -0.15) is 13.2 Å².